The molecule has 0 heterocycles. The highest BCUT2D eigenvalue weighted by Gasteiger charge is 2.23. The van der Waals surface area contributed by atoms with Crippen LogP contribution in [-0.2, 0) is 22.4 Å². The van der Waals surface area contributed by atoms with Crippen LogP contribution >= 0.6 is 0 Å². The Morgan fingerprint density at radius 1 is 1.36 bits per heavy atom. The summed E-state index contributed by atoms with van der Waals surface area (Å²) in [7, 11) is 1.76. The van der Waals surface area contributed by atoms with E-state index < -0.39 is 0 Å². The molecule has 0 aliphatic heterocycles. The topological polar surface area (TPSA) is 41.6 Å². The van der Waals surface area contributed by atoms with Gasteiger partial charge in [0, 0.05) is 32.3 Å². The third-order valence-electron chi connectivity index (χ3n) is 4.34. The van der Waals surface area contributed by atoms with Gasteiger partial charge in [-0.15, -0.1) is 0 Å². The van der Waals surface area contributed by atoms with E-state index in [1.54, 1.807) is 14.0 Å². The lowest BCUT2D eigenvalue weighted by molar-refractivity contribution is -0.114. The van der Waals surface area contributed by atoms with Gasteiger partial charge in [0.15, 0.2) is 0 Å². The molecule has 122 valence electrons. The Labute approximate surface area is 133 Å². The Hall–Kier alpha value is -1.39. The van der Waals surface area contributed by atoms with Gasteiger partial charge in [0.2, 0.25) is 5.91 Å². The largest absolute Gasteiger partial charge is 0.383 e. The number of fused-ring (bicyclic) bond motifs is 1. The maximum absolute atomic E-state index is 11.2. The second-order valence-corrected chi connectivity index (χ2v) is 6.09. The summed E-state index contributed by atoms with van der Waals surface area (Å²) >= 11 is 0. The summed E-state index contributed by atoms with van der Waals surface area (Å²) in [4.78, 5) is 13.8. The Morgan fingerprint density at radius 3 is 2.86 bits per heavy atom. The van der Waals surface area contributed by atoms with Gasteiger partial charge in [0.05, 0.1) is 6.61 Å². The van der Waals surface area contributed by atoms with Crippen molar-refractivity contribution in [2.75, 3.05) is 32.1 Å². The Balaban J connectivity index is 2.08. The molecule has 1 N–H and O–H groups in total. The van der Waals surface area contributed by atoms with E-state index in [-0.39, 0.29) is 5.91 Å². The number of anilines is 1. The average molecular weight is 304 g/mol. The number of rotatable bonds is 7. The third-order valence-corrected chi connectivity index (χ3v) is 4.34. The van der Waals surface area contributed by atoms with Crippen molar-refractivity contribution >= 4 is 11.6 Å². The summed E-state index contributed by atoms with van der Waals surface area (Å²) in [5.41, 5.74) is 3.71. The smallest absolute Gasteiger partial charge is 0.221 e. The number of amides is 1. The van der Waals surface area contributed by atoms with Crippen LogP contribution in [0.1, 0.15) is 37.8 Å². The molecule has 0 aromatic heterocycles. The molecule has 0 saturated carbocycles. The number of carbonyl (C=O) groups is 1. The van der Waals surface area contributed by atoms with Crippen LogP contribution in [0.3, 0.4) is 0 Å². The molecular formula is C18H28N2O2. The molecule has 0 saturated heterocycles. The fourth-order valence-electron chi connectivity index (χ4n) is 3.30. The van der Waals surface area contributed by atoms with Crippen LogP contribution in [0.5, 0.6) is 0 Å². The maximum atomic E-state index is 11.2. The molecule has 0 spiro atoms. The van der Waals surface area contributed by atoms with Crippen LogP contribution in [0.15, 0.2) is 18.2 Å². The number of hydrogen-bond acceptors (Lipinski definition) is 3. The lowest BCUT2D eigenvalue weighted by atomic mass is 9.87. The summed E-state index contributed by atoms with van der Waals surface area (Å²) in [6.45, 7) is 6.68. The first-order valence-corrected chi connectivity index (χ1v) is 8.26. The van der Waals surface area contributed by atoms with Crippen molar-refractivity contribution in [3.63, 3.8) is 0 Å². The van der Waals surface area contributed by atoms with Gasteiger partial charge >= 0.3 is 0 Å². The van der Waals surface area contributed by atoms with E-state index in [0.29, 0.717) is 6.04 Å². The Morgan fingerprint density at radius 2 is 2.18 bits per heavy atom. The first kappa shape index (κ1) is 17.0. The summed E-state index contributed by atoms with van der Waals surface area (Å²) in [5.74, 6) is -0.0139. The molecule has 1 aliphatic carbocycles. The highest BCUT2D eigenvalue weighted by molar-refractivity contribution is 5.88. The zero-order chi connectivity index (χ0) is 15.9. The van der Waals surface area contributed by atoms with Crippen molar-refractivity contribution in [3.8, 4) is 0 Å². The maximum Gasteiger partial charge on any atom is 0.221 e. The third kappa shape index (κ3) is 4.55. The van der Waals surface area contributed by atoms with Crippen LogP contribution in [0.4, 0.5) is 5.69 Å². The molecule has 1 aromatic carbocycles. The van der Waals surface area contributed by atoms with Crippen molar-refractivity contribution in [1.82, 2.24) is 4.90 Å². The molecule has 4 nitrogen and oxygen atoms in total. The number of benzene rings is 1. The Kier molecular flexibility index (Phi) is 6.40. The van der Waals surface area contributed by atoms with E-state index in [4.69, 9.17) is 4.74 Å². The van der Waals surface area contributed by atoms with Crippen molar-refractivity contribution < 1.29 is 9.53 Å². The van der Waals surface area contributed by atoms with Crippen LogP contribution in [0, 0.1) is 0 Å². The van der Waals surface area contributed by atoms with E-state index in [2.05, 4.69) is 29.3 Å². The van der Waals surface area contributed by atoms with E-state index in [9.17, 15) is 4.79 Å². The van der Waals surface area contributed by atoms with Crippen LogP contribution in [0.2, 0.25) is 0 Å². The van der Waals surface area contributed by atoms with Gasteiger partial charge in [0.1, 0.15) is 0 Å². The minimum absolute atomic E-state index is 0.0139. The van der Waals surface area contributed by atoms with E-state index >= 15 is 0 Å². The molecule has 1 amide bonds. The number of hydrogen-bond donors (Lipinski definition) is 1. The standard InChI is InChI=1S/C18H28N2O2/c1-4-9-20(10-11-22-3)18-8-6-15-5-7-17(19-14(2)21)12-16(15)13-18/h5,7,12,18H,4,6,8-11,13H2,1-3H3,(H,19,21). The minimum Gasteiger partial charge on any atom is -0.383 e. The molecule has 2 rings (SSSR count). The fraction of sp³-hybridized carbons (Fsp3) is 0.611. The molecular weight excluding hydrogens is 276 g/mol. The van der Waals surface area contributed by atoms with Gasteiger partial charge in [0.25, 0.3) is 0 Å². The van der Waals surface area contributed by atoms with Crippen molar-refractivity contribution in [2.24, 2.45) is 0 Å². The molecule has 1 atom stereocenters. The molecule has 0 radical (unpaired) electrons. The second-order valence-electron chi connectivity index (χ2n) is 6.09. The fourth-order valence-corrected chi connectivity index (χ4v) is 3.30. The van der Waals surface area contributed by atoms with Crippen LogP contribution < -0.4 is 5.32 Å². The number of nitrogens with zero attached hydrogens (tertiary/aromatic N) is 1. The molecule has 0 bridgehead atoms. The molecule has 1 aliphatic rings. The first-order valence-electron chi connectivity index (χ1n) is 8.26. The first-order chi connectivity index (χ1) is 10.6. The van der Waals surface area contributed by atoms with Gasteiger partial charge in [-0.1, -0.05) is 13.0 Å². The van der Waals surface area contributed by atoms with Gasteiger partial charge in [-0.05, 0) is 55.5 Å². The monoisotopic (exact) mass is 304 g/mol. The quantitative estimate of drug-likeness (QED) is 0.842. The van der Waals surface area contributed by atoms with Crippen molar-refractivity contribution in [2.45, 2.75) is 45.6 Å². The zero-order valence-electron chi connectivity index (χ0n) is 14.0. The van der Waals surface area contributed by atoms with E-state index in [1.165, 1.54) is 24.0 Å². The van der Waals surface area contributed by atoms with Crippen LogP contribution in [0.25, 0.3) is 0 Å². The number of nitrogens with one attached hydrogen (secondary N) is 1. The number of methoxy groups -OCH3 is 1. The van der Waals surface area contributed by atoms with E-state index in [0.717, 1.165) is 38.2 Å². The number of aryl methyl sites for hydroxylation is 1. The molecule has 22 heavy (non-hydrogen) atoms. The minimum atomic E-state index is -0.0139. The predicted molar refractivity (Wildman–Crippen MR) is 90.3 cm³/mol. The van der Waals surface area contributed by atoms with Gasteiger partial charge in [-0.3, -0.25) is 9.69 Å². The van der Waals surface area contributed by atoms with E-state index in [1.807, 2.05) is 6.07 Å². The summed E-state index contributed by atoms with van der Waals surface area (Å²) in [6, 6.07) is 6.89. The zero-order valence-corrected chi connectivity index (χ0v) is 14.0. The highest BCUT2D eigenvalue weighted by atomic mass is 16.5. The van der Waals surface area contributed by atoms with Gasteiger partial charge < -0.3 is 10.1 Å². The van der Waals surface area contributed by atoms with Crippen molar-refractivity contribution in [3.05, 3.63) is 29.3 Å². The van der Waals surface area contributed by atoms with Crippen molar-refractivity contribution in [1.29, 1.82) is 0 Å². The predicted octanol–water partition coefficient (Wildman–Crippen LogP) is 2.86. The SMILES string of the molecule is CCCN(CCOC)C1CCc2ccc(NC(C)=O)cc2C1. The summed E-state index contributed by atoms with van der Waals surface area (Å²) in [5, 5.41) is 2.89. The molecule has 4 heteroatoms. The highest BCUT2D eigenvalue weighted by Crippen LogP contribution is 2.27. The van der Waals surface area contributed by atoms with Gasteiger partial charge in [-0.25, -0.2) is 0 Å². The van der Waals surface area contributed by atoms with Crippen LogP contribution in [-0.4, -0.2) is 43.7 Å². The molecule has 1 aromatic rings. The molecule has 1 unspecified atom stereocenters. The Bertz CT molecular complexity index is 502. The summed E-state index contributed by atoms with van der Waals surface area (Å²) < 4.78 is 5.25. The summed E-state index contributed by atoms with van der Waals surface area (Å²) in [6.07, 6.45) is 4.55. The normalized spacial score (nSPS) is 17.4. The van der Waals surface area contributed by atoms with Gasteiger partial charge in [-0.2, -0.15) is 0 Å². The second kappa shape index (κ2) is 8.30. The number of ether oxygens (including phenoxy) is 1. The average Bonchev–Trinajstić information content (AvgIpc) is 2.50. The lowest BCUT2D eigenvalue weighted by Crippen LogP contribution is -2.41. The lowest BCUT2D eigenvalue weighted by Gasteiger charge is -2.35. The number of carbonyl (C=O) groups excluding carboxylic acids is 1. The molecule has 0 fully saturated rings.